The topological polar surface area (TPSA) is 72.2 Å². The van der Waals surface area contributed by atoms with E-state index in [-0.39, 0.29) is 11.7 Å². The summed E-state index contributed by atoms with van der Waals surface area (Å²) in [6.45, 7) is 5.87. The third-order valence-corrected chi connectivity index (χ3v) is 5.26. The number of hydrogen-bond donors (Lipinski definition) is 1. The van der Waals surface area contributed by atoms with Crippen LogP contribution in [0, 0.1) is 20.8 Å². The van der Waals surface area contributed by atoms with E-state index in [2.05, 4.69) is 36.4 Å². The first-order valence-electron chi connectivity index (χ1n) is 7.32. The number of amides is 1. The van der Waals surface area contributed by atoms with Crippen LogP contribution in [0.5, 0.6) is 0 Å². The molecule has 1 amide bonds. The molecule has 0 saturated heterocycles. The second-order valence-electron chi connectivity index (χ2n) is 5.46. The molecule has 0 saturated carbocycles. The fourth-order valence-electron chi connectivity index (χ4n) is 2.34. The third kappa shape index (κ3) is 3.59. The summed E-state index contributed by atoms with van der Waals surface area (Å²) >= 11 is 4.79. The predicted molar refractivity (Wildman–Crippen MR) is 98.5 cm³/mol. The number of thioether (sulfide) groups is 1. The maximum Gasteiger partial charge on any atom is 0.256 e. The SMILES string of the molecule is Cc1cc(C)n2c(SCC(=O)Nc3ccc(Br)c(C)c3)nnc2n1. The van der Waals surface area contributed by atoms with Gasteiger partial charge in [0, 0.05) is 21.5 Å². The molecule has 1 N–H and O–H groups in total. The summed E-state index contributed by atoms with van der Waals surface area (Å²) in [6, 6.07) is 7.67. The van der Waals surface area contributed by atoms with Crippen molar-refractivity contribution in [1.29, 1.82) is 0 Å². The lowest BCUT2D eigenvalue weighted by molar-refractivity contribution is -0.113. The summed E-state index contributed by atoms with van der Waals surface area (Å²) in [5.41, 5.74) is 3.74. The molecule has 1 aromatic carbocycles. The molecule has 6 nitrogen and oxygen atoms in total. The normalized spacial score (nSPS) is 11.0. The summed E-state index contributed by atoms with van der Waals surface area (Å²) in [6.07, 6.45) is 0. The Kier molecular flexibility index (Phi) is 4.86. The van der Waals surface area contributed by atoms with Gasteiger partial charge < -0.3 is 5.32 Å². The van der Waals surface area contributed by atoms with E-state index in [1.165, 1.54) is 11.8 Å². The number of halogens is 1. The van der Waals surface area contributed by atoms with Crippen molar-refractivity contribution >= 4 is 45.1 Å². The third-order valence-electron chi connectivity index (χ3n) is 3.44. The monoisotopic (exact) mass is 405 g/mol. The number of fused-ring (bicyclic) bond motifs is 1. The lowest BCUT2D eigenvalue weighted by Crippen LogP contribution is -2.14. The highest BCUT2D eigenvalue weighted by molar-refractivity contribution is 9.10. The van der Waals surface area contributed by atoms with E-state index in [1.54, 1.807) is 0 Å². The molecular weight excluding hydrogens is 390 g/mol. The number of hydrogen-bond acceptors (Lipinski definition) is 5. The zero-order valence-corrected chi connectivity index (χ0v) is 15.9. The van der Waals surface area contributed by atoms with Crippen molar-refractivity contribution in [3.8, 4) is 0 Å². The molecule has 0 fully saturated rings. The van der Waals surface area contributed by atoms with Gasteiger partial charge in [-0.15, -0.1) is 10.2 Å². The van der Waals surface area contributed by atoms with Gasteiger partial charge in [0.1, 0.15) is 0 Å². The highest BCUT2D eigenvalue weighted by Gasteiger charge is 2.12. The maximum atomic E-state index is 12.2. The van der Waals surface area contributed by atoms with Gasteiger partial charge >= 0.3 is 0 Å². The smallest absolute Gasteiger partial charge is 0.256 e. The van der Waals surface area contributed by atoms with Crippen LogP contribution in [0.1, 0.15) is 17.0 Å². The van der Waals surface area contributed by atoms with Gasteiger partial charge in [0.2, 0.25) is 5.91 Å². The second-order valence-corrected chi connectivity index (χ2v) is 7.25. The Labute approximate surface area is 152 Å². The molecule has 0 aliphatic heterocycles. The minimum atomic E-state index is -0.0869. The number of nitrogens with one attached hydrogen (secondary N) is 1. The lowest BCUT2D eigenvalue weighted by atomic mass is 10.2. The van der Waals surface area contributed by atoms with Gasteiger partial charge in [-0.05, 0) is 50.6 Å². The molecule has 2 aromatic heterocycles. The van der Waals surface area contributed by atoms with Gasteiger partial charge in [0.05, 0.1) is 5.75 Å². The first-order valence-corrected chi connectivity index (χ1v) is 9.10. The molecule has 2 heterocycles. The number of rotatable bonds is 4. The van der Waals surface area contributed by atoms with Crippen LogP contribution in [0.2, 0.25) is 0 Å². The molecule has 124 valence electrons. The van der Waals surface area contributed by atoms with Crippen molar-refractivity contribution in [2.75, 3.05) is 11.1 Å². The Morgan fingerprint density at radius 2 is 2.04 bits per heavy atom. The molecule has 0 atom stereocenters. The van der Waals surface area contributed by atoms with Crippen LogP contribution in [0.25, 0.3) is 5.78 Å². The van der Waals surface area contributed by atoms with E-state index in [9.17, 15) is 4.79 Å². The quantitative estimate of drug-likeness (QED) is 0.671. The lowest BCUT2D eigenvalue weighted by Gasteiger charge is -2.07. The molecule has 0 unspecified atom stereocenters. The number of benzene rings is 1. The number of carbonyl (C=O) groups excluding carboxylic acids is 1. The number of nitrogens with zero attached hydrogens (tertiary/aromatic N) is 4. The van der Waals surface area contributed by atoms with Crippen LogP contribution in [-0.2, 0) is 4.79 Å². The van der Waals surface area contributed by atoms with Crippen LogP contribution in [0.15, 0.2) is 33.9 Å². The van der Waals surface area contributed by atoms with Crippen LogP contribution >= 0.6 is 27.7 Å². The largest absolute Gasteiger partial charge is 0.325 e. The van der Waals surface area contributed by atoms with Crippen molar-refractivity contribution in [2.24, 2.45) is 0 Å². The predicted octanol–water partition coefficient (Wildman–Crippen LogP) is 3.54. The van der Waals surface area contributed by atoms with Crippen molar-refractivity contribution < 1.29 is 4.79 Å². The van der Waals surface area contributed by atoms with Crippen LogP contribution < -0.4 is 5.32 Å². The molecule has 3 rings (SSSR count). The van der Waals surface area contributed by atoms with Gasteiger partial charge in [-0.25, -0.2) is 4.98 Å². The van der Waals surface area contributed by atoms with Gasteiger partial charge in [-0.1, -0.05) is 27.7 Å². The second kappa shape index (κ2) is 6.90. The molecule has 0 radical (unpaired) electrons. The standard InChI is InChI=1S/C16H16BrN5OS/c1-9-6-12(4-5-13(9)17)19-14(23)8-24-16-21-20-15-18-10(2)7-11(3)22(15)16/h4-7H,8H2,1-3H3,(H,19,23). The zero-order chi connectivity index (χ0) is 17.3. The van der Waals surface area contributed by atoms with E-state index in [4.69, 9.17) is 0 Å². The molecule has 0 spiro atoms. The van der Waals surface area contributed by atoms with Crippen molar-refractivity contribution in [1.82, 2.24) is 19.6 Å². The van der Waals surface area contributed by atoms with E-state index < -0.39 is 0 Å². The van der Waals surface area contributed by atoms with E-state index >= 15 is 0 Å². The molecule has 3 aromatic rings. The summed E-state index contributed by atoms with van der Waals surface area (Å²) in [7, 11) is 0. The molecule has 0 bridgehead atoms. The van der Waals surface area contributed by atoms with Gasteiger partial charge in [0.15, 0.2) is 5.16 Å². The first-order chi connectivity index (χ1) is 11.4. The molecular formula is C16H16BrN5OS. The summed E-state index contributed by atoms with van der Waals surface area (Å²) in [5.74, 6) is 0.721. The molecule has 8 heteroatoms. The number of carbonyl (C=O) groups is 1. The maximum absolute atomic E-state index is 12.2. The number of aryl methyl sites for hydroxylation is 3. The van der Waals surface area contributed by atoms with Crippen LogP contribution in [0.4, 0.5) is 5.69 Å². The first kappa shape index (κ1) is 16.9. The fraction of sp³-hybridized carbons (Fsp3) is 0.250. The van der Waals surface area contributed by atoms with Crippen molar-refractivity contribution in [2.45, 2.75) is 25.9 Å². The molecule has 0 aliphatic carbocycles. The van der Waals surface area contributed by atoms with Crippen LogP contribution in [0.3, 0.4) is 0 Å². The minimum Gasteiger partial charge on any atom is -0.325 e. The Balaban J connectivity index is 1.69. The Morgan fingerprint density at radius 1 is 1.25 bits per heavy atom. The number of anilines is 1. The van der Waals surface area contributed by atoms with E-state index in [0.717, 1.165) is 27.1 Å². The fourth-order valence-corrected chi connectivity index (χ4v) is 3.38. The van der Waals surface area contributed by atoms with E-state index in [0.29, 0.717) is 10.9 Å². The molecule has 24 heavy (non-hydrogen) atoms. The summed E-state index contributed by atoms with van der Waals surface area (Å²) in [4.78, 5) is 16.5. The highest BCUT2D eigenvalue weighted by Crippen LogP contribution is 2.21. The van der Waals surface area contributed by atoms with E-state index in [1.807, 2.05) is 49.4 Å². The summed E-state index contributed by atoms with van der Waals surface area (Å²) < 4.78 is 2.87. The average molecular weight is 406 g/mol. The Bertz CT molecular complexity index is 924. The Hall–Kier alpha value is -1.93. The number of aromatic nitrogens is 4. The summed E-state index contributed by atoms with van der Waals surface area (Å²) in [5, 5.41) is 11.8. The van der Waals surface area contributed by atoms with Gasteiger partial charge in [-0.3, -0.25) is 9.20 Å². The zero-order valence-electron chi connectivity index (χ0n) is 13.5. The molecule has 0 aliphatic rings. The average Bonchev–Trinajstić information content (AvgIpc) is 2.92. The van der Waals surface area contributed by atoms with Crippen molar-refractivity contribution in [3.05, 3.63) is 45.7 Å². The van der Waals surface area contributed by atoms with Crippen molar-refractivity contribution in [3.63, 3.8) is 0 Å². The Morgan fingerprint density at radius 3 is 2.79 bits per heavy atom. The minimum absolute atomic E-state index is 0.0869. The highest BCUT2D eigenvalue weighted by atomic mass is 79.9. The van der Waals surface area contributed by atoms with Gasteiger partial charge in [-0.2, -0.15) is 0 Å². The van der Waals surface area contributed by atoms with Gasteiger partial charge in [0.25, 0.3) is 5.78 Å². The van der Waals surface area contributed by atoms with Crippen LogP contribution in [-0.4, -0.2) is 31.2 Å².